The lowest BCUT2D eigenvalue weighted by molar-refractivity contribution is -0.153. The molecule has 0 spiro atoms. The highest BCUT2D eigenvalue weighted by Crippen LogP contribution is 2.37. The fourth-order valence-corrected chi connectivity index (χ4v) is 2.96. The number of benzene rings is 2. The minimum atomic E-state index is -4.49. The quantitative estimate of drug-likeness (QED) is 0.528. The standard InChI is InChI=1S/C20H21BrF3NO4/c1-4-7-28-18-14(21)9-13(10-17(18)27-3)19(26)25-15-6-5-12(2)8-16(15)29-11-20(22,23)24/h5-6,8-10H,4,7,11H2,1-3H3,(H,25,26). The van der Waals surface area contributed by atoms with Crippen molar-refractivity contribution in [3.8, 4) is 17.2 Å². The predicted octanol–water partition coefficient (Wildman–Crippen LogP) is 5.75. The number of methoxy groups -OCH3 is 1. The van der Waals surface area contributed by atoms with E-state index in [1.54, 1.807) is 19.1 Å². The van der Waals surface area contributed by atoms with Gasteiger partial charge < -0.3 is 19.5 Å². The Kier molecular flexibility index (Phi) is 7.78. The summed E-state index contributed by atoms with van der Waals surface area (Å²) in [6.07, 6.45) is -3.69. The van der Waals surface area contributed by atoms with Crippen LogP contribution in [0.4, 0.5) is 18.9 Å². The Labute approximate surface area is 175 Å². The predicted molar refractivity (Wildman–Crippen MR) is 107 cm³/mol. The topological polar surface area (TPSA) is 56.8 Å². The van der Waals surface area contributed by atoms with Gasteiger partial charge in [0, 0.05) is 5.56 Å². The lowest BCUT2D eigenvalue weighted by Crippen LogP contribution is -2.20. The van der Waals surface area contributed by atoms with Gasteiger partial charge in [-0.1, -0.05) is 13.0 Å². The molecule has 0 aliphatic carbocycles. The number of nitrogens with one attached hydrogen (secondary N) is 1. The fraction of sp³-hybridized carbons (Fsp3) is 0.350. The van der Waals surface area contributed by atoms with Gasteiger partial charge in [0.1, 0.15) is 5.75 Å². The maximum atomic E-state index is 12.7. The zero-order chi connectivity index (χ0) is 21.6. The van der Waals surface area contributed by atoms with Crippen LogP contribution in [0.15, 0.2) is 34.8 Å². The van der Waals surface area contributed by atoms with Crippen LogP contribution in [0.5, 0.6) is 17.2 Å². The van der Waals surface area contributed by atoms with E-state index in [9.17, 15) is 18.0 Å². The van der Waals surface area contributed by atoms with Gasteiger partial charge in [-0.2, -0.15) is 13.2 Å². The molecule has 2 aromatic carbocycles. The highest BCUT2D eigenvalue weighted by molar-refractivity contribution is 9.10. The van der Waals surface area contributed by atoms with Crippen molar-refractivity contribution < 1.29 is 32.2 Å². The maximum Gasteiger partial charge on any atom is 0.422 e. The first-order valence-electron chi connectivity index (χ1n) is 8.76. The molecule has 0 saturated heterocycles. The zero-order valence-electron chi connectivity index (χ0n) is 16.2. The Morgan fingerprint density at radius 2 is 1.86 bits per heavy atom. The third-order valence-corrected chi connectivity index (χ3v) is 4.31. The van der Waals surface area contributed by atoms with Gasteiger partial charge >= 0.3 is 6.18 Å². The van der Waals surface area contributed by atoms with E-state index in [-0.39, 0.29) is 17.0 Å². The third-order valence-electron chi connectivity index (χ3n) is 3.72. The van der Waals surface area contributed by atoms with Crippen LogP contribution in [0.1, 0.15) is 29.3 Å². The highest BCUT2D eigenvalue weighted by atomic mass is 79.9. The zero-order valence-corrected chi connectivity index (χ0v) is 17.7. The summed E-state index contributed by atoms with van der Waals surface area (Å²) in [6.45, 7) is 2.69. The molecule has 0 aromatic heterocycles. The first kappa shape index (κ1) is 22.9. The van der Waals surface area contributed by atoms with Crippen LogP contribution in [0.2, 0.25) is 0 Å². The summed E-state index contributed by atoms with van der Waals surface area (Å²) in [5.41, 5.74) is 1.06. The van der Waals surface area contributed by atoms with E-state index in [0.29, 0.717) is 28.1 Å². The number of carbonyl (C=O) groups excluding carboxylic acids is 1. The second kappa shape index (κ2) is 9.87. The van der Waals surface area contributed by atoms with Crippen LogP contribution < -0.4 is 19.5 Å². The molecule has 1 amide bonds. The molecular formula is C20H21BrF3NO4. The summed E-state index contributed by atoms with van der Waals surface area (Å²) in [5.74, 6) is 0.224. The van der Waals surface area contributed by atoms with Gasteiger partial charge in [0.15, 0.2) is 18.1 Å². The van der Waals surface area contributed by atoms with E-state index in [1.807, 2.05) is 6.92 Å². The molecule has 1 N–H and O–H groups in total. The molecule has 9 heteroatoms. The van der Waals surface area contributed by atoms with E-state index in [4.69, 9.17) is 14.2 Å². The van der Waals surface area contributed by atoms with E-state index in [0.717, 1.165) is 6.42 Å². The highest BCUT2D eigenvalue weighted by Gasteiger charge is 2.29. The van der Waals surface area contributed by atoms with Crippen LogP contribution in [-0.2, 0) is 0 Å². The molecule has 2 aromatic rings. The molecule has 0 heterocycles. The van der Waals surface area contributed by atoms with E-state index >= 15 is 0 Å². The number of carbonyl (C=O) groups is 1. The van der Waals surface area contributed by atoms with Crippen molar-refractivity contribution >= 4 is 27.5 Å². The number of amides is 1. The van der Waals surface area contributed by atoms with E-state index in [1.165, 1.54) is 25.3 Å². The van der Waals surface area contributed by atoms with Crippen molar-refractivity contribution in [3.63, 3.8) is 0 Å². The average Bonchev–Trinajstić information content (AvgIpc) is 2.65. The van der Waals surface area contributed by atoms with E-state index in [2.05, 4.69) is 21.2 Å². The van der Waals surface area contributed by atoms with Gasteiger partial charge in [0.25, 0.3) is 5.91 Å². The summed E-state index contributed by atoms with van der Waals surface area (Å²) < 4.78 is 53.8. The lowest BCUT2D eigenvalue weighted by Gasteiger charge is -2.16. The summed E-state index contributed by atoms with van der Waals surface area (Å²) in [5, 5.41) is 2.58. The van der Waals surface area contributed by atoms with Crippen molar-refractivity contribution in [2.75, 3.05) is 25.6 Å². The van der Waals surface area contributed by atoms with Gasteiger partial charge in [-0.3, -0.25) is 4.79 Å². The Hall–Kier alpha value is -2.42. The van der Waals surface area contributed by atoms with Gasteiger partial charge in [-0.15, -0.1) is 0 Å². The normalized spacial score (nSPS) is 11.1. The summed E-state index contributed by atoms with van der Waals surface area (Å²) >= 11 is 3.36. The Morgan fingerprint density at radius 1 is 1.14 bits per heavy atom. The molecule has 0 unspecified atom stereocenters. The number of hydrogen-bond donors (Lipinski definition) is 1. The average molecular weight is 476 g/mol. The van der Waals surface area contributed by atoms with Crippen LogP contribution in [0.3, 0.4) is 0 Å². The van der Waals surface area contributed by atoms with Crippen LogP contribution in [0.25, 0.3) is 0 Å². The molecule has 0 fully saturated rings. The summed E-state index contributed by atoms with van der Waals surface area (Å²) in [4.78, 5) is 12.7. The van der Waals surface area contributed by atoms with Gasteiger partial charge in [0.05, 0.1) is 23.9 Å². The monoisotopic (exact) mass is 475 g/mol. The van der Waals surface area contributed by atoms with Crippen LogP contribution in [-0.4, -0.2) is 32.4 Å². The fourth-order valence-electron chi connectivity index (χ4n) is 2.40. The molecule has 2 rings (SSSR count). The van der Waals surface area contributed by atoms with Crippen molar-refractivity contribution in [3.05, 3.63) is 45.9 Å². The molecule has 0 saturated carbocycles. The second-order valence-electron chi connectivity index (χ2n) is 6.20. The number of alkyl halides is 3. The van der Waals surface area contributed by atoms with Crippen molar-refractivity contribution in [1.29, 1.82) is 0 Å². The minimum absolute atomic E-state index is 0.0652. The van der Waals surface area contributed by atoms with Crippen LogP contribution in [0, 0.1) is 6.92 Å². The molecule has 0 atom stereocenters. The number of rotatable bonds is 8. The first-order valence-corrected chi connectivity index (χ1v) is 9.55. The number of aryl methyl sites for hydroxylation is 1. The summed E-state index contributed by atoms with van der Waals surface area (Å²) in [6, 6.07) is 7.63. The molecule has 158 valence electrons. The van der Waals surface area contributed by atoms with Gasteiger partial charge in [0.2, 0.25) is 0 Å². The first-order chi connectivity index (χ1) is 13.6. The van der Waals surface area contributed by atoms with Crippen LogP contribution >= 0.6 is 15.9 Å². The van der Waals surface area contributed by atoms with Gasteiger partial charge in [-0.05, 0) is 59.1 Å². The Morgan fingerprint density at radius 3 is 2.48 bits per heavy atom. The number of hydrogen-bond acceptors (Lipinski definition) is 4. The van der Waals surface area contributed by atoms with Crippen molar-refractivity contribution in [2.24, 2.45) is 0 Å². The molecule has 0 aliphatic rings. The lowest BCUT2D eigenvalue weighted by atomic mass is 10.1. The molecule has 5 nitrogen and oxygen atoms in total. The molecule has 29 heavy (non-hydrogen) atoms. The molecular weight excluding hydrogens is 455 g/mol. The smallest absolute Gasteiger partial charge is 0.422 e. The van der Waals surface area contributed by atoms with E-state index < -0.39 is 18.7 Å². The van der Waals surface area contributed by atoms with Gasteiger partial charge in [-0.25, -0.2) is 0 Å². The molecule has 0 radical (unpaired) electrons. The number of halogens is 4. The van der Waals surface area contributed by atoms with Crippen molar-refractivity contribution in [1.82, 2.24) is 0 Å². The molecule has 0 aliphatic heterocycles. The Bertz CT molecular complexity index is 872. The largest absolute Gasteiger partial charge is 0.493 e. The Balaban J connectivity index is 2.27. The second-order valence-corrected chi connectivity index (χ2v) is 7.05. The molecule has 0 bridgehead atoms. The third kappa shape index (κ3) is 6.56. The number of anilines is 1. The summed E-state index contributed by atoms with van der Waals surface area (Å²) in [7, 11) is 1.45. The van der Waals surface area contributed by atoms with Crippen molar-refractivity contribution in [2.45, 2.75) is 26.4 Å². The minimum Gasteiger partial charge on any atom is -0.493 e. The maximum absolute atomic E-state index is 12.7. The SMILES string of the molecule is CCCOc1c(Br)cc(C(=O)Nc2ccc(C)cc2OCC(F)(F)F)cc1OC. The number of ether oxygens (including phenoxy) is 3.